The summed E-state index contributed by atoms with van der Waals surface area (Å²) >= 11 is 0. The molecule has 0 saturated heterocycles. The third-order valence-electron chi connectivity index (χ3n) is 5.48. The van der Waals surface area contributed by atoms with Crippen molar-refractivity contribution in [1.29, 1.82) is 0 Å². The van der Waals surface area contributed by atoms with Crippen LogP contribution in [0, 0.1) is 11.7 Å². The number of amides is 1. The largest absolute Gasteiger partial charge is 0.368 e. The van der Waals surface area contributed by atoms with Gasteiger partial charge in [-0.3, -0.25) is 10.1 Å². The first-order valence-corrected chi connectivity index (χ1v) is 12.6. The van der Waals surface area contributed by atoms with Crippen LogP contribution < -0.4 is 11.1 Å². The number of halogens is 1. The van der Waals surface area contributed by atoms with Crippen molar-refractivity contribution in [2.24, 2.45) is 11.7 Å². The van der Waals surface area contributed by atoms with Gasteiger partial charge in [0.15, 0.2) is 9.84 Å². The van der Waals surface area contributed by atoms with E-state index < -0.39 is 21.8 Å². The van der Waals surface area contributed by atoms with Crippen molar-refractivity contribution in [3.8, 4) is 11.1 Å². The topological polar surface area (TPSA) is 89.3 Å². The van der Waals surface area contributed by atoms with Crippen LogP contribution in [-0.2, 0) is 14.6 Å². The van der Waals surface area contributed by atoms with Gasteiger partial charge >= 0.3 is 0 Å². The first-order chi connectivity index (χ1) is 15.5. The zero-order chi connectivity index (χ0) is 24.2. The van der Waals surface area contributed by atoms with E-state index in [1.54, 1.807) is 36.4 Å². The van der Waals surface area contributed by atoms with Crippen molar-refractivity contribution in [3.05, 3.63) is 89.7 Å². The van der Waals surface area contributed by atoms with Gasteiger partial charge in [0.05, 0.1) is 17.0 Å². The molecule has 0 heterocycles. The van der Waals surface area contributed by atoms with Gasteiger partial charge in [0, 0.05) is 6.26 Å². The summed E-state index contributed by atoms with van der Waals surface area (Å²) < 4.78 is 36.9. The maximum Gasteiger partial charge on any atom is 0.234 e. The third kappa shape index (κ3) is 6.49. The van der Waals surface area contributed by atoms with Crippen molar-refractivity contribution in [3.63, 3.8) is 0 Å². The fraction of sp³-hybridized carbons (Fsp3) is 0.269. The minimum Gasteiger partial charge on any atom is -0.368 e. The molecule has 3 aromatic carbocycles. The van der Waals surface area contributed by atoms with E-state index in [1.807, 2.05) is 38.1 Å². The zero-order valence-corrected chi connectivity index (χ0v) is 19.8. The summed E-state index contributed by atoms with van der Waals surface area (Å²) in [4.78, 5) is 12.4. The van der Waals surface area contributed by atoms with E-state index in [0.717, 1.165) is 22.3 Å². The van der Waals surface area contributed by atoms with E-state index in [-0.39, 0.29) is 22.7 Å². The molecule has 0 aliphatic carbocycles. The van der Waals surface area contributed by atoms with Gasteiger partial charge in [0.25, 0.3) is 0 Å². The molecule has 7 heteroatoms. The molecule has 0 bridgehead atoms. The maximum atomic E-state index is 13.5. The van der Waals surface area contributed by atoms with Gasteiger partial charge in [0.2, 0.25) is 5.91 Å². The highest BCUT2D eigenvalue weighted by Crippen LogP contribution is 2.28. The Balaban J connectivity index is 1.93. The molecule has 0 aliphatic heterocycles. The van der Waals surface area contributed by atoms with Crippen LogP contribution in [0.4, 0.5) is 4.39 Å². The van der Waals surface area contributed by atoms with Crippen LogP contribution in [-0.4, -0.2) is 26.6 Å². The van der Waals surface area contributed by atoms with Crippen molar-refractivity contribution in [1.82, 2.24) is 5.32 Å². The van der Waals surface area contributed by atoms with Crippen molar-refractivity contribution < 1.29 is 17.6 Å². The smallest absolute Gasteiger partial charge is 0.234 e. The molecule has 3 N–H and O–H groups in total. The van der Waals surface area contributed by atoms with Crippen LogP contribution in [0.3, 0.4) is 0 Å². The van der Waals surface area contributed by atoms with E-state index >= 15 is 0 Å². The normalized spacial score (nSPS) is 13.6. The predicted molar refractivity (Wildman–Crippen MR) is 129 cm³/mol. The van der Waals surface area contributed by atoms with E-state index in [9.17, 15) is 17.6 Å². The summed E-state index contributed by atoms with van der Waals surface area (Å²) in [7, 11) is -3.25. The molecular weight excluding hydrogens is 439 g/mol. The Kier molecular flexibility index (Phi) is 7.66. The molecular formula is C26H29FN2O3S. The molecule has 0 radical (unpaired) electrons. The molecule has 33 heavy (non-hydrogen) atoms. The fourth-order valence-electron chi connectivity index (χ4n) is 3.74. The Bertz CT molecular complexity index is 1190. The number of primary amides is 1. The highest BCUT2D eigenvalue weighted by atomic mass is 32.2. The zero-order valence-electron chi connectivity index (χ0n) is 19.0. The first kappa shape index (κ1) is 24.6. The molecule has 0 saturated carbocycles. The summed E-state index contributed by atoms with van der Waals surface area (Å²) in [6.45, 7) is 4.04. The number of hydrogen-bond acceptors (Lipinski definition) is 4. The van der Waals surface area contributed by atoms with Crippen LogP contribution in [0.15, 0.2) is 77.7 Å². The number of hydrogen-bond donors (Lipinski definition) is 2. The molecule has 5 nitrogen and oxygen atoms in total. The molecule has 174 valence electrons. The van der Waals surface area contributed by atoms with Gasteiger partial charge in [-0.2, -0.15) is 0 Å². The Morgan fingerprint density at radius 2 is 1.33 bits per heavy atom. The number of sulfone groups is 1. The lowest BCUT2D eigenvalue weighted by molar-refractivity contribution is -0.120. The molecule has 0 unspecified atom stereocenters. The third-order valence-corrected chi connectivity index (χ3v) is 6.61. The number of carbonyl (C=O) groups is 1. The number of carbonyl (C=O) groups excluding carboxylic acids is 1. The van der Waals surface area contributed by atoms with E-state index in [4.69, 9.17) is 5.73 Å². The van der Waals surface area contributed by atoms with Crippen molar-refractivity contribution in [2.75, 3.05) is 6.26 Å². The SMILES string of the molecule is CC(C)C[C@H](N[C@H](c1ccc(F)cc1)c1ccc(-c2ccc(S(C)(=O)=O)cc2)cc1)C(N)=O. The van der Waals surface area contributed by atoms with Gasteiger partial charge in [-0.05, 0) is 58.9 Å². The van der Waals surface area contributed by atoms with Gasteiger partial charge in [0.1, 0.15) is 5.82 Å². The molecule has 0 fully saturated rings. The standard InChI is InChI=1S/C26H29FN2O3S/c1-17(2)16-24(26(28)30)29-25(21-8-12-22(27)13-9-21)20-6-4-18(5-7-20)19-10-14-23(15-11-19)33(3,31)32/h4-15,17,24-25,29H,16H2,1-3H3,(H2,28,30)/t24-,25-/m0/s1. The van der Waals surface area contributed by atoms with Crippen LogP contribution in [0.25, 0.3) is 11.1 Å². The number of nitrogens with one attached hydrogen (secondary N) is 1. The second kappa shape index (κ2) is 10.3. The van der Waals surface area contributed by atoms with Crippen LogP contribution in [0.2, 0.25) is 0 Å². The van der Waals surface area contributed by atoms with Crippen LogP contribution in [0.1, 0.15) is 37.4 Å². The Morgan fingerprint density at radius 3 is 1.76 bits per heavy atom. The molecule has 2 atom stereocenters. The monoisotopic (exact) mass is 468 g/mol. The number of nitrogens with two attached hydrogens (primary N) is 1. The van der Waals surface area contributed by atoms with Crippen molar-refractivity contribution >= 4 is 15.7 Å². The predicted octanol–water partition coefficient (Wildman–Crippen LogP) is 4.48. The summed E-state index contributed by atoms with van der Waals surface area (Å²) in [5.41, 5.74) is 9.17. The molecule has 0 spiro atoms. The molecule has 0 aromatic heterocycles. The van der Waals surface area contributed by atoms with E-state index in [2.05, 4.69) is 5.32 Å². The summed E-state index contributed by atoms with van der Waals surface area (Å²) in [6.07, 6.45) is 1.76. The fourth-order valence-corrected chi connectivity index (χ4v) is 4.37. The second-order valence-electron chi connectivity index (χ2n) is 8.65. The van der Waals surface area contributed by atoms with Gasteiger partial charge in [-0.1, -0.05) is 62.4 Å². The highest BCUT2D eigenvalue weighted by molar-refractivity contribution is 7.90. The van der Waals surface area contributed by atoms with Gasteiger partial charge < -0.3 is 5.73 Å². The average Bonchev–Trinajstić information content (AvgIpc) is 2.77. The van der Waals surface area contributed by atoms with E-state index in [1.165, 1.54) is 18.4 Å². The Labute approximate surface area is 194 Å². The highest BCUT2D eigenvalue weighted by Gasteiger charge is 2.23. The lowest BCUT2D eigenvalue weighted by Crippen LogP contribution is -2.44. The lowest BCUT2D eigenvalue weighted by atomic mass is 9.94. The summed E-state index contributed by atoms with van der Waals surface area (Å²) in [6, 6.07) is 19.7. The number of benzene rings is 3. The molecule has 3 rings (SSSR count). The minimum absolute atomic E-state index is 0.265. The lowest BCUT2D eigenvalue weighted by Gasteiger charge is -2.26. The summed E-state index contributed by atoms with van der Waals surface area (Å²) in [5, 5.41) is 3.36. The summed E-state index contributed by atoms with van der Waals surface area (Å²) in [5.74, 6) is -0.501. The Hall–Kier alpha value is -3.03. The van der Waals surface area contributed by atoms with Crippen molar-refractivity contribution in [2.45, 2.75) is 37.2 Å². The Morgan fingerprint density at radius 1 is 0.879 bits per heavy atom. The number of rotatable bonds is 9. The van der Waals surface area contributed by atoms with Gasteiger partial charge in [-0.25, -0.2) is 12.8 Å². The van der Waals surface area contributed by atoms with E-state index in [0.29, 0.717) is 6.42 Å². The van der Waals surface area contributed by atoms with Crippen LogP contribution in [0.5, 0.6) is 0 Å². The molecule has 1 amide bonds. The quantitative estimate of drug-likeness (QED) is 0.485. The molecule has 3 aromatic rings. The second-order valence-corrected chi connectivity index (χ2v) is 10.7. The maximum absolute atomic E-state index is 13.5. The molecule has 0 aliphatic rings. The van der Waals surface area contributed by atoms with Crippen LogP contribution >= 0.6 is 0 Å². The average molecular weight is 469 g/mol. The first-order valence-electron chi connectivity index (χ1n) is 10.8. The van der Waals surface area contributed by atoms with Gasteiger partial charge in [-0.15, -0.1) is 0 Å². The minimum atomic E-state index is -3.25.